The van der Waals surface area contributed by atoms with Crippen LogP contribution in [0.25, 0.3) is 4.96 Å². The molecule has 0 saturated heterocycles. The van der Waals surface area contributed by atoms with Crippen molar-refractivity contribution in [2.45, 2.75) is 12.5 Å². The Morgan fingerprint density at radius 1 is 1.45 bits per heavy atom. The Labute approximate surface area is 130 Å². The molecule has 3 heterocycles. The second-order valence-electron chi connectivity index (χ2n) is 4.39. The van der Waals surface area contributed by atoms with Crippen molar-refractivity contribution in [1.82, 2.24) is 19.7 Å². The van der Waals surface area contributed by atoms with Gasteiger partial charge in [0.05, 0.1) is 27.5 Å². The fourth-order valence-electron chi connectivity index (χ4n) is 2.10. The van der Waals surface area contributed by atoms with Gasteiger partial charge in [-0.2, -0.15) is 0 Å². The minimum Gasteiger partial charge on any atom is -0.311 e. The van der Waals surface area contributed by atoms with Crippen molar-refractivity contribution in [2.75, 3.05) is 7.05 Å². The second-order valence-corrected chi connectivity index (χ2v) is 6.11. The maximum atomic E-state index is 6.22. The van der Waals surface area contributed by atoms with Gasteiger partial charge >= 0.3 is 0 Å². The standard InChI is InChI=1S/C13H12Cl2N4S/c1-16-11(12-10(15)4-8(14)6-17-12)5-9-7-19-2-3-20-13(19)18-9/h2-4,6-7,11,16H,5H2,1H3. The summed E-state index contributed by atoms with van der Waals surface area (Å²) >= 11 is 13.7. The van der Waals surface area contributed by atoms with Crippen LogP contribution in [0.1, 0.15) is 17.4 Å². The average molecular weight is 327 g/mol. The van der Waals surface area contributed by atoms with Crippen LogP contribution in [0.3, 0.4) is 0 Å². The quantitative estimate of drug-likeness (QED) is 0.796. The normalized spacial score (nSPS) is 12.9. The molecular formula is C13H12Cl2N4S. The molecule has 1 atom stereocenters. The van der Waals surface area contributed by atoms with Crippen LogP contribution in [-0.4, -0.2) is 21.4 Å². The Morgan fingerprint density at radius 2 is 2.30 bits per heavy atom. The van der Waals surface area contributed by atoms with Crippen LogP contribution in [0.4, 0.5) is 0 Å². The zero-order chi connectivity index (χ0) is 14.1. The number of imidazole rings is 1. The Bertz CT molecular complexity index is 708. The first kappa shape index (κ1) is 13.8. The molecule has 20 heavy (non-hydrogen) atoms. The minimum atomic E-state index is 0.00405. The Hall–Kier alpha value is -1.14. The van der Waals surface area contributed by atoms with E-state index in [-0.39, 0.29) is 6.04 Å². The summed E-state index contributed by atoms with van der Waals surface area (Å²) in [5.41, 5.74) is 1.79. The van der Waals surface area contributed by atoms with Gasteiger partial charge in [-0.25, -0.2) is 4.98 Å². The molecule has 0 fully saturated rings. The highest BCUT2D eigenvalue weighted by molar-refractivity contribution is 7.15. The molecular weight excluding hydrogens is 315 g/mol. The van der Waals surface area contributed by atoms with Crippen LogP contribution in [0.5, 0.6) is 0 Å². The largest absolute Gasteiger partial charge is 0.311 e. The number of hydrogen-bond acceptors (Lipinski definition) is 4. The van der Waals surface area contributed by atoms with Gasteiger partial charge in [0.1, 0.15) is 0 Å². The molecule has 104 valence electrons. The summed E-state index contributed by atoms with van der Waals surface area (Å²) in [7, 11) is 1.88. The third-order valence-electron chi connectivity index (χ3n) is 3.07. The molecule has 0 spiro atoms. The van der Waals surface area contributed by atoms with Crippen molar-refractivity contribution in [3.63, 3.8) is 0 Å². The summed E-state index contributed by atoms with van der Waals surface area (Å²) < 4.78 is 2.02. The summed E-state index contributed by atoms with van der Waals surface area (Å²) in [4.78, 5) is 9.90. The zero-order valence-corrected chi connectivity index (χ0v) is 13.0. The van der Waals surface area contributed by atoms with Crippen molar-refractivity contribution in [3.8, 4) is 0 Å². The van der Waals surface area contributed by atoms with E-state index in [2.05, 4.69) is 15.3 Å². The third kappa shape index (κ3) is 2.67. The second kappa shape index (κ2) is 5.69. The van der Waals surface area contributed by atoms with Gasteiger partial charge in [0.15, 0.2) is 4.96 Å². The van der Waals surface area contributed by atoms with Gasteiger partial charge in [0.25, 0.3) is 0 Å². The number of fused-ring (bicyclic) bond motifs is 1. The van der Waals surface area contributed by atoms with Gasteiger partial charge in [-0.05, 0) is 13.1 Å². The number of likely N-dealkylation sites (N-methyl/N-ethyl adjacent to an activating group) is 1. The highest BCUT2D eigenvalue weighted by Crippen LogP contribution is 2.26. The number of nitrogens with one attached hydrogen (secondary N) is 1. The van der Waals surface area contributed by atoms with Gasteiger partial charge in [0.2, 0.25) is 0 Å². The molecule has 0 amide bonds. The summed E-state index contributed by atoms with van der Waals surface area (Å²) in [6, 6.07) is 1.71. The molecule has 3 rings (SSSR count). The molecule has 0 radical (unpaired) electrons. The summed E-state index contributed by atoms with van der Waals surface area (Å²) in [6.07, 6.45) is 6.36. The molecule has 0 aromatic carbocycles. The molecule has 0 saturated carbocycles. The molecule has 7 heteroatoms. The van der Waals surface area contributed by atoms with Crippen LogP contribution in [0.2, 0.25) is 10.0 Å². The Balaban J connectivity index is 1.88. The van der Waals surface area contributed by atoms with Crippen molar-refractivity contribution >= 4 is 39.5 Å². The average Bonchev–Trinajstić information content (AvgIpc) is 2.97. The molecule has 1 N–H and O–H groups in total. The van der Waals surface area contributed by atoms with Crippen molar-refractivity contribution < 1.29 is 0 Å². The van der Waals surface area contributed by atoms with Crippen molar-refractivity contribution in [3.05, 3.63) is 51.5 Å². The van der Waals surface area contributed by atoms with E-state index >= 15 is 0 Å². The molecule has 3 aromatic rings. The predicted molar refractivity (Wildman–Crippen MR) is 82.8 cm³/mol. The van der Waals surface area contributed by atoms with Gasteiger partial charge < -0.3 is 5.32 Å². The van der Waals surface area contributed by atoms with E-state index in [1.807, 2.05) is 29.2 Å². The monoisotopic (exact) mass is 326 g/mol. The fourth-order valence-corrected chi connectivity index (χ4v) is 3.33. The zero-order valence-electron chi connectivity index (χ0n) is 10.7. The number of halogens is 2. The van der Waals surface area contributed by atoms with Gasteiger partial charge in [-0.1, -0.05) is 23.2 Å². The third-order valence-corrected chi connectivity index (χ3v) is 4.35. The number of nitrogens with zero attached hydrogens (tertiary/aromatic N) is 3. The SMILES string of the molecule is CNC(Cc1cn2ccsc2n1)c1ncc(Cl)cc1Cl. The lowest BCUT2D eigenvalue weighted by Crippen LogP contribution is -2.20. The van der Waals surface area contributed by atoms with E-state index in [0.29, 0.717) is 10.0 Å². The molecule has 3 aromatic heterocycles. The van der Waals surface area contributed by atoms with Crippen molar-refractivity contribution in [1.29, 1.82) is 0 Å². The van der Waals surface area contributed by atoms with Gasteiger partial charge in [-0.15, -0.1) is 11.3 Å². The summed E-state index contributed by atoms with van der Waals surface area (Å²) in [5, 5.41) is 6.35. The first-order chi connectivity index (χ1) is 9.67. The van der Waals surface area contributed by atoms with Crippen LogP contribution in [0.15, 0.2) is 30.0 Å². The van der Waals surface area contributed by atoms with E-state index < -0.39 is 0 Å². The van der Waals surface area contributed by atoms with E-state index in [1.165, 1.54) is 0 Å². The lowest BCUT2D eigenvalue weighted by atomic mass is 10.1. The lowest BCUT2D eigenvalue weighted by Gasteiger charge is -2.15. The minimum absolute atomic E-state index is 0.00405. The highest BCUT2D eigenvalue weighted by atomic mass is 35.5. The number of pyridine rings is 1. The van der Waals surface area contributed by atoms with E-state index in [9.17, 15) is 0 Å². The van der Waals surface area contributed by atoms with Crippen molar-refractivity contribution in [2.24, 2.45) is 0 Å². The van der Waals surface area contributed by atoms with E-state index in [0.717, 1.165) is 22.8 Å². The topological polar surface area (TPSA) is 42.2 Å². The lowest BCUT2D eigenvalue weighted by molar-refractivity contribution is 0.570. The molecule has 1 unspecified atom stereocenters. The van der Waals surface area contributed by atoms with Crippen LogP contribution < -0.4 is 5.32 Å². The van der Waals surface area contributed by atoms with Gasteiger partial charge in [0, 0.05) is 30.4 Å². The smallest absolute Gasteiger partial charge is 0.193 e. The Kier molecular flexibility index (Phi) is 3.94. The number of rotatable bonds is 4. The first-order valence-corrected chi connectivity index (χ1v) is 7.70. The number of aromatic nitrogens is 3. The molecule has 4 nitrogen and oxygen atoms in total. The van der Waals surface area contributed by atoms with Crippen LogP contribution >= 0.6 is 34.5 Å². The van der Waals surface area contributed by atoms with Crippen LogP contribution in [0, 0.1) is 0 Å². The van der Waals surface area contributed by atoms with Gasteiger partial charge in [-0.3, -0.25) is 9.38 Å². The Morgan fingerprint density at radius 3 is 3.00 bits per heavy atom. The molecule has 0 aliphatic carbocycles. The predicted octanol–water partition coefficient (Wildman–Crippen LogP) is 3.60. The highest BCUT2D eigenvalue weighted by Gasteiger charge is 2.17. The molecule has 0 aliphatic heterocycles. The summed E-state index contributed by atoms with van der Waals surface area (Å²) in [6.45, 7) is 0. The molecule has 0 aliphatic rings. The fraction of sp³-hybridized carbons (Fsp3) is 0.231. The molecule has 0 bridgehead atoms. The van der Waals surface area contributed by atoms with E-state index in [1.54, 1.807) is 23.6 Å². The maximum absolute atomic E-state index is 6.22. The summed E-state index contributed by atoms with van der Waals surface area (Å²) in [5.74, 6) is 0. The van der Waals surface area contributed by atoms with Crippen LogP contribution in [-0.2, 0) is 6.42 Å². The maximum Gasteiger partial charge on any atom is 0.193 e. The van der Waals surface area contributed by atoms with E-state index in [4.69, 9.17) is 23.2 Å². The first-order valence-electron chi connectivity index (χ1n) is 6.06. The number of thiazole rings is 1. The number of hydrogen-bond donors (Lipinski definition) is 1.